The number of nitriles is 1. The van der Waals surface area contributed by atoms with E-state index >= 15 is 0 Å². The van der Waals surface area contributed by atoms with E-state index in [1.165, 1.54) is 25.9 Å². The van der Waals surface area contributed by atoms with Gasteiger partial charge in [0.05, 0.1) is 11.6 Å². The summed E-state index contributed by atoms with van der Waals surface area (Å²) in [6.07, 6.45) is 2.66. The summed E-state index contributed by atoms with van der Waals surface area (Å²) in [4.78, 5) is 2.50. The fourth-order valence-corrected chi connectivity index (χ4v) is 2.71. The Labute approximate surface area is 120 Å². The van der Waals surface area contributed by atoms with Gasteiger partial charge < -0.3 is 10.2 Å². The number of hydrogen-bond donors (Lipinski definition) is 1. The Hall–Kier alpha value is -1.08. The fourth-order valence-electron chi connectivity index (χ4n) is 2.46. The van der Waals surface area contributed by atoms with Gasteiger partial charge in [0.25, 0.3) is 0 Å². The van der Waals surface area contributed by atoms with E-state index in [4.69, 9.17) is 16.9 Å². The first kappa shape index (κ1) is 14.3. The molecule has 1 fully saturated rings. The molecule has 0 spiro atoms. The van der Waals surface area contributed by atoms with Gasteiger partial charge in [0, 0.05) is 24.2 Å². The molecule has 0 aromatic heterocycles. The lowest BCUT2D eigenvalue weighted by Gasteiger charge is -2.21. The van der Waals surface area contributed by atoms with Crippen LogP contribution in [0, 0.1) is 11.3 Å². The summed E-state index contributed by atoms with van der Waals surface area (Å²) in [6, 6.07) is 8.01. The first-order valence-electron chi connectivity index (χ1n) is 6.83. The SMILES string of the molecule is CC(CN1CCCC1)NCc1ccc(C#N)cc1Cl. The van der Waals surface area contributed by atoms with Crippen molar-refractivity contribution in [1.82, 2.24) is 10.2 Å². The Morgan fingerprint density at radius 3 is 2.79 bits per heavy atom. The molecule has 1 heterocycles. The molecule has 2 rings (SSSR count). The van der Waals surface area contributed by atoms with Gasteiger partial charge >= 0.3 is 0 Å². The standard InChI is InChI=1S/C15H20ClN3/c1-12(11-19-6-2-3-7-19)18-10-14-5-4-13(9-17)8-15(14)16/h4-5,8,12,18H,2-3,6-7,10-11H2,1H3. The monoisotopic (exact) mass is 277 g/mol. The third kappa shape index (κ3) is 4.21. The third-order valence-corrected chi connectivity index (χ3v) is 3.91. The average molecular weight is 278 g/mol. The van der Waals surface area contributed by atoms with Crippen LogP contribution in [0.2, 0.25) is 5.02 Å². The third-order valence-electron chi connectivity index (χ3n) is 3.55. The van der Waals surface area contributed by atoms with Crippen LogP contribution in [0.3, 0.4) is 0 Å². The second kappa shape index (κ2) is 6.91. The van der Waals surface area contributed by atoms with Crippen molar-refractivity contribution >= 4 is 11.6 Å². The second-order valence-electron chi connectivity index (χ2n) is 5.21. The van der Waals surface area contributed by atoms with Crippen LogP contribution in [0.5, 0.6) is 0 Å². The van der Waals surface area contributed by atoms with Crippen LogP contribution in [0.25, 0.3) is 0 Å². The van der Waals surface area contributed by atoms with Gasteiger partial charge in [-0.25, -0.2) is 0 Å². The molecule has 1 N–H and O–H groups in total. The topological polar surface area (TPSA) is 39.1 Å². The maximum Gasteiger partial charge on any atom is 0.0992 e. The molecule has 102 valence electrons. The maximum atomic E-state index is 8.80. The van der Waals surface area contributed by atoms with Crippen LogP contribution in [0.4, 0.5) is 0 Å². The molecule has 1 aliphatic rings. The van der Waals surface area contributed by atoms with Crippen molar-refractivity contribution in [3.8, 4) is 6.07 Å². The van der Waals surface area contributed by atoms with Crippen molar-refractivity contribution in [1.29, 1.82) is 5.26 Å². The summed E-state index contributed by atoms with van der Waals surface area (Å²) in [5, 5.41) is 13.0. The summed E-state index contributed by atoms with van der Waals surface area (Å²) < 4.78 is 0. The van der Waals surface area contributed by atoms with Crippen molar-refractivity contribution in [2.45, 2.75) is 32.4 Å². The Balaban J connectivity index is 1.82. The van der Waals surface area contributed by atoms with Crippen LogP contribution in [-0.2, 0) is 6.54 Å². The molecule has 19 heavy (non-hydrogen) atoms. The van der Waals surface area contributed by atoms with E-state index in [2.05, 4.69) is 23.2 Å². The smallest absolute Gasteiger partial charge is 0.0992 e. The summed E-state index contributed by atoms with van der Waals surface area (Å²) >= 11 is 6.16. The molecule has 1 unspecified atom stereocenters. The number of halogens is 1. The van der Waals surface area contributed by atoms with E-state index in [1.807, 2.05) is 12.1 Å². The predicted octanol–water partition coefficient (Wildman–Crippen LogP) is 2.79. The number of benzene rings is 1. The Kier molecular flexibility index (Phi) is 5.21. The van der Waals surface area contributed by atoms with E-state index < -0.39 is 0 Å². The van der Waals surface area contributed by atoms with Gasteiger partial charge in [-0.2, -0.15) is 5.26 Å². The molecule has 1 atom stereocenters. The lowest BCUT2D eigenvalue weighted by molar-refractivity contribution is 0.298. The molecule has 1 aliphatic heterocycles. The summed E-state index contributed by atoms with van der Waals surface area (Å²) in [7, 11) is 0. The van der Waals surface area contributed by atoms with Crippen LogP contribution in [0.1, 0.15) is 30.9 Å². The van der Waals surface area contributed by atoms with Gasteiger partial charge in [0.15, 0.2) is 0 Å². The van der Waals surface area contributed by atoms with Gasteiger partial charge in [-0.1, -0.05) is 17.7 Å². The number of likely N-dealkylation sites (tertiary alicyclic amines) is 1. The molecule has 0 saturated carbocycles. The zero-order valence-corrected chi connectivity index (χ0v) is 12.1. The van der Waals surface area contributed by atoms with E-state index in [-0.39, 0.29) is 0 Å². The molecule has 0 aliphatic carbocycles. The minimum Gasteiger partial charge on any atom is -0.309 e. The minimum absolute atomic E-state index is 0.449. The molecule has 0 amide bonds. The first-order chi connectivity index (χ1) is 9.19. The lowest BCUT2D eigenvalue weighted by atomic mass is 10.1. The number of nitrogens with one attached hydrogen (secondary N) is 1. The van der Waals surface area contributed by atoms with E-state index in [0.29, 0.717) is 16.6 Å². The Morgan fingerprint density at radius 1 is 1.42 bits per heavy atom. The highest BCUT2D eigenvalue weighted by molar-refractivity contribution is 6.31. The molecule has 0 bridgehead atoms. The van der Waals surface area contributed by atoms with Crippen molar-refractivity contribution in [2.75, 3.05) is 19.6 Å². The lowest BCUT2D eigenvalue weighted by Crippen LogP contribution is -2.37. The summed E-state index contributed by atoms with van der Waals surface area (Å²) in [5.41, 5.74) is 1.66. The van der Waals surface area contributed by atoms with Gasteiger partial charge in [0.1, 0.15) is 0 Å². The molecular weight excluding hydrogens is 258 g/mol. The first-order valence-corrected chi connectivity index (χ1v) is 7.21. The van der Waals surface area contributed by atoms with E-state index in [1.54, 1.807) is 6.07 Å². The van der Waals surface area contributed by atoms with E-state index in [0.717, 1.165) is 18.7 Å². The van der Waals surface area contributed by atoms with Crippen LogP contribution >= 0.6 is 11.6 Å². The highest BCUT2D eigenvalue weighted by Crippen LogP contribution is 2.17. The molecule has 1 aromatic rings. The molecule has 0 radical (unpaired) electrons. The summed E-state index contributed by atoms with van der Waals surface area (Å²) in [6.45, 7) is 6.50. The Morgan fingerprint density at radius 2 is 2.16 bits per heavy atom. The minimum atomic E-state index is 0.449. The highest BCUT2D eigenvalue weighted by Gasteiger charge is 2.14. The fraction of sp³-hybridized carbons (Fsp3) is 0.533. The van der Waals surface area contributed by atoms with Gasteiger partial charge in [-0.3, -0.25) is 0 Å². The maximum absolute atomic E-state index is 8.80. The largest absolute Gasteiger partial charge is 0.309 e. The normalized spacial score (nSPS) is 17.3. The van der Waals surface area contributed by atoms with Crippen LogP contribution < -0.4 is 5.32 Å². The molecule has 1 aromatic carbocycles. The zero-order valence-electron chi connectivity index (χ0n) is 11.3. The van der Waals surface area contributed by atoms with Crippen LogP contribution in [-0.4, -0.2) is 30.6 Å². The molecule has 3 nitrogen and oxygen atoms in total. The summed E-state index contributed by atoms with van der Waals surface area (Å²) in [5.74, 6) is 0. The van der Waals surface area contributed by atoms with Crippen molar-refractivity contribution in [3.05, 3.63) is 34.3 Å². The molecular formula is C15H20ClN3. The van der Waals surface area contributed by atoms with Gasteiger partial charge in [-0.15, -0.1) is 0 Å². The van der Waals surface area contributed by atoms with Gasteiger partial charge in [0.2, 0.25) is 0 Å². The molecule has 1 saturated heterocycles. The zero-order chi connectivity index (χ0) is 13.7. The van der Waals surface area contributed by atoms with Crippen molar-refractivity contribution in [3.63, 3.8) is 0 Å². The van der Waals surface area contributed by atoms with Gasteiger partial charge in [-0.05, 0) is 50.6 Å². The van der Waals surface area contributed by atoms with E-state index in [9.17, 15) is 0 Å². The predicted molar refractivity (Wildman–Crippen MR) is 78.1 cm³/mol. The average Bonchev–Trinajstić information content (AvgIpc) is 2.90. The van der Waals surface area contributed by atoms with Crippen molar-refractivity contribution in [2.24, 2.45) is 0 Å². The number of rotatable bonds is 5. The van der Waals surface area contributed by atoms with Crippen molar-refractivity contribution < 1.29 is 0 Å². The number of nitrogens with zero attached hydrogens (tertiary/aromatic N) is 2. The number of hydrogen-bond acceptors (Lipinski definition) is 3. The molecule has 4 heteroatoms. The second-order valence-corrected chi connectivity index (χ2v) is 5.61. The van der Waals surface area contributed by atoms with Crippen LogP contribution in [0.15, 0.2) is 18.2 Å². The highest BCUT2D eigenvalue weighted by atomic mass is 35.5. The quantitative estimate of drug-likeness (QED) is 0.900. The Bertz CT molecular complexity index is 461.